The minimum absolute atomic E-state index is 0.0390. The van der Waals surface area contributed by atoms with Crippen LogP contribution in [0.15, 0.2) is 46.6 Å². The molecule has 2 nitrogen and oxygen atoms in total. The first-order chi connectivity index (χ1) is 11.0. The van der Waals surface area contributed by atoms with Crippen LogP contribution in [0.2, 0.25) is 0 Å². The normalized spacial score (nSPS) is 34.7. The first-order valence-electron chi connectivity index (χ1n) is 8.84. The molecule has 3 rings (SSSR count). The maximum atomic E-state index is 12.3. The van der Waals surface area contributed by atoms with E-state index in [1.807, 2.05) is 0 Å². The van der Waals surface area contributed by atoms with Crippen molar-refractivity contribution in [3.8, 4) is 0 Å². The van der Waals surface area contributed by atoms with Crippen molar-refractivity contribution in [3.05, 3.63) is 46.6 Å². The third kappa shape index (κ3) is 5.62. The lowest BCUT2D eigenvalue weighted by Crippen LogP contribution is -2.28. The smallest absolute Gasteiger partial charge is 0.159 e. The molecule has 0 aliphatic heterocycles. The van der Waals surface area contributed by atoms with Crippen LogP contribution in [0.1, 0.15) is 65.7 Å². The molecule has 23 heavy (non-hydrogen) atoms. The van der Waals surface area contributed by atoms with Gasteiger partial charge in [-0.05, 0) is 76.9 Å². The molecule has 0 aromatic heterocycles. The summed E-state index contributed by atoms with van der Waals surface area (Å²) in [5.41, 5.74) is 4.85. The lowest BCUT2D eigenvalue weighted by atomic mass is 9.81. The summed E-state index contributed by atoms with van der Waals surface area (Å²) in [5, 5.41) is 10.4. The summed E-state index contributed by atoms with van der Waals surface area (Å²) in [4.78, 5) is 12.3. The Labute approximate surface area is 140 Å². The number of carbonyl (C=O) groups excluding carboxylic acids is 1. The highest BCUT2D eigenvalue weighted by Crippen LogP contribution is 2.29. The number of hydrogen-bond acceptors (Lipinski definition) is 2. The summed E-state index contributed by atoms with van der Waals surface area (Å²) in [6, 6.07) is 0. The molecule has 0 saturated heterocycles. The summed E-state index contributed by atoms with van der Waals surface area (Å²) < 4.78 is 0. The number of aliphatic hydroxyl groups is 1. The zero-order valence-electron chi connectivity index (χ0n) is 14.8. The van der Waals surface area contributed by atoms with E-state index in [9.17, 15) is 9.90 Å². The van der Waals surface area contributed by atoms with Gasteiger partial charge in [-0.25, -0.2) is 0 Å². The van der Waals surface area contributed by atoms with Crippen molar-refractivity contribution in [2.24, 2.45) is 5.92 Å². The maximum absolute atomic E-state index is 12.3. The van der Waals surface area contributed by atoms with Gasteiger partial charge in [0.15, 0.2) is 5.78 Å². The molecule has 1 N–H and O–H groups in total. The lowest BCUT2D eigenvalue weighted by molar-refractivity contribution is -0.118. The van der Waals surface area contributed by atoms with E-state index in [1.165, 1.54) is 16.7 Å². The molecule has 0 spiro atoms. The number of carbonyl (C=O) groups is 1. The fourth-order valence-corrected chi connectivity index (χ4v) is 3.38. The minimum Gasteiger partial charge on any atom is -0.389 e. The molecule has 3 aliphatic carbocycles. The molecule has 0 fully saturated rings. The van der Waals surface area contributed by atoms with Gasteiger partial charge in [0.1, 0.15) is 0 Å². The topological polar surface area (TPSA) is 37.3 Å². The summed E-state index contributed by atoms with van der Waals surface area (Å²) in [6.07, 6.45) is 14.3. The summed E-state index contributed by atoms with van der Waals surface area (Å²) in [5.74, 6) is 0.247. The average molecular weight is 314 g/mol. The highest BCUT2D eigenvalue weighted by Gasteiger charge is 2.28. The Morgan fingerprint density at radius 1 is 0.913 bits per heavy atom. The molecule has 126 valence electrons. The average Bonchev–Trinajstić information content (AvgIpc) is 2.48. The third-order valence-electron chi connectivity index (χ3n) is 4.98. The first kappa shape index (κ1) is 17.9. The second-order valence-corrected chi connectivity index (χ2v) is 7.21. The van der Waals surface area contributed by atoms with Crippen LogP contribution in [0.5, 0.6) is 0 Å². The number of allylic oxidation sites excluding steroid dienone is 7. The van der Waals surface area contributed by atoms with E-state index < -0.39 is 6.10 Å². The standard InChI is InChI=1S/C21H30O2/c1-15-6-4-8-16(2)10-11-18-13-21(23)19(14-20(18)22)12-17(3)9-5-7-15/h6,9-10,13,19,21,23H,4-5,7-8,11-12,14H2,1-3H3/b15-6+,16-10+,17-9-/t19-,21-/m0/s1. The highest BCUT2D eigenvalue weighted by molar-refractivity contribution is 5.96. The zero-order valence-corrected chi connectivity index (χ0v) is 14.8. The summed E-state index contributed by atoms with van der Waals surface area (Å²) >= 11 is 0. The first-order valence-corrected chi connectivity index (χ1v) is 8.84. The lowest BCUT2D eigenvalue weighted by Gasteiger charge is -2.26. The zero-order chi connectivity index (χ0) is 16.8. The van der Waals surface area contributed by atoms with Crippen LogP contribution in [-0.4, -0.2) is 17.0 Å². The molecule has 0 aromatic rings. The van der Waals surface area contributed by atoms with Gasteiger partial charge in [-0.1, -0.05) is 34.9 Å². The number of ketones is 1. The fraction of sp³-hybridized carbons (Fsp3) is 0.571. The molecular formula is C21H30O2. The van der Waals surface area contributed by atoms with Gasteiger partial charge in [0.25, 0.3) is 0 Å². The van der Waals surface area contributed by atoms with Crippen LogP contribution in [0, 0.1) is 5.92 Å². The van der Waals surface area contributed by atoms with Gasteiger partial charge < -0.3 is 5.11 Å². The molecule has 3 aliphatic rings. The number of hydrogen-bond donors (Lipinski definition) is 1. The molecule has 2 atom stereocenters. The highest BCUT2D eigenvalue weighted by atomic mass is 16.3. The Balaban J connectivity index is 2.20. The molecule has 0 amide bonds. The van der Waals surface area contributed by atoms with Crippen molar-refractivity contribution in [1.29, 1.82) is 0 Å². The summed E-state index contributed by atoms with van der Waals surface area (Å²) in [7, 11) is 0. The van der Waals surface area contributed by atoms with Crippen molar-refractivity contribution in [3.63, 3.8) is 0 Å². The molecule has 2 heteroatoms. The van der Waals surface area contributed by atoms with Crippen molar-refractivity contribution < 1.29 is 9.90 Å². The van der Waals surface area contributed by atoms with Crippen LogP contribution in [0.25, 0.3) is 0 Å². The van der Waals surface area contributed by atoms with Crippen molar-refractivity contribution in [2.75, 3.05) is 0 Å². The van der Waals surface area contributed by atoms with Crippen LogP contribution in [-0.2, 0) is 4.79 Å². The quantitative estimate of drug-likeness (QED) is 0.635. The molecule has 0 saturated carbocycles. The van der Waals surface area contributed by atoms with Crippen LogP contribution < -0.4 is 0 Å². The van der Waals surface area contributed by atoms with E-state index in [0.717, 1.165) is 37.7 Å². The third-order valence-corrected chi connectivity index (χ3v) is 4.98. The molecule has 0 heterocycles. The Morgan fingerprint density at radius 2 is 1.52 bits per heavy atom. The van der Waals surface area contributed by atoms with Gasteiger partial charge in [-0.2, -0.15) is 0 Å². The minimum atomic E-state index is -0.491. The Hall–Kier alpha value is -1.41. The van der Waals surface area contributed by atoms with Gasteiger partial charge in [0.05, 0.1) is 6.10 Å². The van der Waals surface area contributed by atoms with Crippen LogP contribution >= 0.6 is 0 Å². The summed E-state index contributed by atoms with van der Waals surface area (Å²) in [6.45, 7) is 6.46. The second kappa shape index (κ2) is 8.44. The van der Waals surface area contributed by atoms with E-state index in [1.54, 1.807) is 6.08 Å². The largest absolute Gasteiger partial charge is 0.389 e. The number of Topliss-reactive ketones (excluding diaryl/α,β-unsaturated/α-hetero) is 1. The van der Waals surface area contributed by atoms with E-state index in [4.69, 9.17) is 0 Å². The van der Waals surface area contributed by atoms with Gasteiger partial charge in [0, 0.05) is 6.42 Å². The number of aliphatic hydroxyl groups excluding tert-OH is 1. The van der Waals surface area contributed by atoms with E-state index >= 15 is 0 Å². The van der Waals surface area contributed by atoms with Gasteiger partial charge in [-0.3, -0.25) is 4.79 Å². The van der Waals surface area contributed by atoms with Crippen LogP contribution in [0.4, 0.5) is 0 Å². The predicted molar refractivity (Wildman–Crippen MR) is 96.2 cm³/mol. The number of rotatable bonds is 0. The molecular weight excluding hydrogens is 284 g/mol. The second-order valence-electron chi connectivity index (χ2n) is 7.21. The Bertz CT molecular complexity index is 560. The molecule has 2 bridgehead atoms. The van der Waals surface area contributed by atoms with Crippen molar-refractivity contribution >= 4 is 5.78 Å². The fourth-order valence-electron chi connectivity index (χ4n) is 3.38. The molecule has 0 unspecified atom stereocenters. The van der Waals surface area contributed by atoms with Gasteiger partial charge in [-0.15, -0.1) is 0 Å². The Morgan fingerprint density at radius 3 is 2.22 bits per heavy atom. The monoisotopic (exact) mass is 314 g/mol. The number of fused-ring (bicyclic) bond motifs is 10. The molecule has 0 radical (unpaired) electrons. The van der Waals surface area contributed by atoms with Crippen LogP contribution in [0.3, 0.4) is 0 Å². The predicted octanol–water partition coefficient (Wildman–Crippen LogP) is 5.06. The SMILES string of the molecule is C/C1=C/CC/C(C)=C/CC/C(C)=C/CC2=C[C@H](O)[C@H](CC2=O)C1. The Kier molecular flexibility index (Phi) is 6.59. The maximum Gasteiger partial charge on any atom is 0.159 e. The van der Waals surface area contributed by atoms with Crippen molar-refractivity contribution in [2.45, 2.75) is 71.8 Å². The molecule has 0 aromatic carbocycles. The van der Waals surface area contributed by atoms with Gasteiger partial charge in [0.2, 0.25) is 0 Å². The van der Waals surface area contributed by atoms with Crippen molar-refractivity contribution in [1.82, 2.24) is 0 Å². The van der Waals surface area contributed by atoms with E-state index in [0.29, 0.717) is 12.8 Å². The van der Waals surface area contributed by atoms with Gasteiger partial charge >= 0.3 is 0 Å². The van der Waals surface area contributed by atoms with E-state index in [2.05, 4.69) is 39.0 Å². The van der Waals surface area contributed by atoms with E-state index in [-0.39, 0.29) is 11.7 Å².